The Balaban J connectivity index is 2.52. The molecule has 1 heterocycles. The van der Waals surface area contributed by atoms with Crippen LogP contribution < -0.4 is 5.48 Å². The normalized spacial score (nSPS) is 12.9. The van der Waals surface area contributed by atoms with Crippen molar-refractivity contribution in [3.8, 4) is 0 Å². The number of hydrogen-bond acceptors (Lipinski definition) is 6. The molecule has 1 unspecified atom stereocenters. The molecule has 0 fully saturated rings. The van der Waals surface area contributed by atoms with E-state index in [1.165, 1.54) is 4.68 Å². The van der Waals surface area contributed by atoms with Gasteiger partial charge in [-0.25, -0.2) is 0 Å². The van der Waals surface area contributed by atoms with E-state index >= 15 is 0 Å². The van der Waals surface area contributed by atoms with Crippen LogP contribution in [0.4, 0.5) is 5.69 Å². The Morgan fingerprint density at radius 3 is 2.65 bits per heavy atom. The lowest BCUT2D eigenvalue weighted by Crippen LogP contribution is -2.31. The highest BCUT2D eigenvalue weighted by molar-refractivity contribution is 5.39. The molecule has 20 heavy (non-hydrogen) atoms. The van der Waals surface area contributed by atoms with Crippen LogP contribution in [0.5, 0.6) is 0 Å². The van der Waals surface area contributed by atoms with Gasteiger partial charge < -0.3 is 9.94 Å². The zero-order valence-corrected chi connectivity index (χ0v) is 12.3. The Bertz CT molecular complexity index is 459. The predicted molar refractivity (Wildman–Crippen MR) is 73.2 cm³/mol. The number of aliphatic hydroxyl groups excluding tert-OH is 1. The van der Waals surface area contributed by atoms with Crippen LogP contribution in [0.1, 0.15) is 25.2 Å². The van der Waals surface area contributed by atoms with E-state index in [-0.39, 0.29) is 18.8 Å². The molecule has 0 spiro atoms. The van der Waals surface area contributed by atoms with Crippen LogP contribution in [-0.2, 0) is 11.4 Å². The van der Waals surface area contributed by atoms with E-state index in [9.17, 15) is 15.2 Å². The first-order chi connectivity index (χ1) is 9.32. The van der Waals surface area contributed by atoms with Crippen molar-refractivity contribution >= 4 is 5.69 Å². The average Bonchev–Trinajstić information content (AvgIpc) is 2.59. The minimum Gasteiger partial charge on any atom is -0.390 e. The lowest BCUT2D eigenvalue weighted by atomic mass is 10.2. The van der Waals surface area contributed by atoms with Gasteiger partial charge in [0.05, 0.1) is 24.2 Å². The first-order valence-electron chi connectivity index (χ1n) is 6.54. The van der Waals surface area contributed by atoms with E-state index in [2.05, 4.69) is 10.6 Å². The molecule has 1 aromatic heterocycles. The van der Waals surface area contributed by atoms with Crippen molar-refractivity contribution in [2.75, 3.05) is 13.2 Å². The topological polar surface area (TPSA) is 102 Å². The number of nitro groups is 1. The summed E-state index contributed by atoms with van der Waals surface area (Å²) in [6.07, 6.45) is -0.736. The van der Waals surface area contributed by atoms with Crippen molar-refractivity contribution in [2.45, 2.75) is 40.3 Å². The molecule has 0 aliphatic carbocycles. The second-order valence-electron chi connectivity index (χ2n) is 5.17. The quantitative estimate of drug-likeness (QED) is 0.419. The number of aryl methyl sites for hydroxylation is 1. The third kappa shape index (κ3) is 4.55. The maximum Gasteiger partial charge on any atom is 0.312 e. The second kappa shape index (κ2) is 7.32. The number of nitrogens with one attached hydrogen (secondary N) is 1. The summed E-state index contributed by atoms with van der Waals surface area (Å²) in [4.78, 5) is 15.6. The van der Waals surface area contributed by atoms with Gasteiger partial charge in [0, 0.05) is 6.54 Å². The van der Waals surface area contributed by atoms with Crippen LogP contribution in [0.2, 0.25) is 0 Å². The highest BCUT2D eigenvalue weighted by atomic mass is 16.6. The van der Waals surface area contributed by atoms with Crippen molar-refractivity contribution in [1.29, 1.82) is 0 Å². The molecule has 114 valence electrons. The Kier molecular flexibility index (Phi) is 6.05. The fourth-order valence-corrected chi connectivity index (χ4v) is 1.77. The summed E-state index contributed by atoms with van der Waals surface area (Å²) in [5.41, 5.74) is 3.47. The van der Waals surface area contributed by atoms with E-state index in [0.29, 0.717) is 23.9 Å². The number of aliphatic hydroxyl groups is 1. The zero-order chi connectivity index (χ0) is 15.3. The van der Waals surface area contributed by atoms with Gasteiger partial charge in [0.15, 0.2) is 0 Å². The zero-order valence-electron chi connectivity index (χ0n) is 12.3. The minimum atomic E-state index is -0.736. The minimum absolute atomic E-state index is 0.00113. The molecule has 0 aliphatic heterocycles. The van der Waals surface area contributed by atoms with Crippen LogP contribution in [-0.4, -0.2) is 39.1 Å². The number of aromatic nitrogens is 2. The first kappa shape index (κ1) is 16.5. The Hall–Kier alpha value is -1.51. The first-order valence-corrected chi connectivity index (χ1v) is 6.54. The third-order valence-corrected chi connectivity index (χ3v) is 2.75. The SMILES string of the molecule is Cc1nn(CC(O)CNOCC(C)C)c(C)c1[N+](=O)[O-]. The number of hydroxylamine groups is 1. The fraction of sp³-hybridized carbons (Fsp3) is 0.750. The largest absolute Gasteiger partial charge is 0.390 e. The monoisotopic (exact) mass is 286 g/mol. The summed E-state index contributed by atoms with van der Waals surface area (Å²) in [5, 5.41) is 24.8. The van der Waals surface area contributed by atoms with Gasteiger partial charge in [-0.15, -0.1) is 0 Å². The summed E-state index contributed by atoms with van der Waals surface area (Å²) in [6, 6.07) is 0. The fourth-order valence-electron chi connectivity index (χ4n) is 1.77. The van der Waals surface area contributed by atoms with Gasteiger partial charge in [-0.3, -0.25) is 14.8 Å². The molecule has 1 rings (SSSR count). The molecule has 0 radical (unpaired) electrons. The number of nitrogens with zero attached hydrogens (tertiary/aromatic N) is 3. The molecular weight excluding hydrogens is 264 g/mol. The van der Waals surface area contributed by atoms with Crippen LogP contribution in [0.3, 0.4) is 0 Å². The van der Waals surface area contributed by atoms with Crippen molar-refractivity contribution in [3.63, 3.8) is 0 Å². The molecule has 1 aromatic rings. The molecule has 0 amide bonds. The summed E-state index contributed by atoms with van der Waals surface area (Å²) < 4.78 is 1.45. The molecule has 1 atom stereocenters. The maximum absolute atomic E-state index is 10.9. The van der Waals surface area contributed by atoms with Crippen LogP contribution in [0, 0.1) is 29.9 Å². The van der Waals surface area contributed by atoms with Crippen molar-refractivity contribution in [2.24, 2.45) is 5.92 Å². The molecule has 0 saturated heterocycles. The van der Waals surface area contributed by atoms with E-state index in [1.807, 2.05) is 13.8 Å². The standard InChI is InChI=1S/C12H22N4O4/c1-8(2)7-20-13-5-11(17)6-15-10(4)12(16(18)19)9(3)14-15/h8,11,13,17H,5-7H2,1-4H3. The third-order valence-electron chi connectivity index (χ3n) is 2.75. The molecule has 0 aliphatic rings. The van der Waals surface area contributed by atoms with Crippen LogP contribution in [0.15, 0.2) is 0 Å². The average molecular weight is 286 g/mol. The predicted octanol–water partition coefficient (Wildman–Crippen LogP) is 0.946. The van der Waals surface area contributed by atoms with Crippen molar-refractivity contribution in [1.82, 2.24) is 15.3 Å². The van der Waals surface area contributed by atoms with E-state index in [0.717, 1.165) is 0 Å². The van der Waals surface area contributed by atoms with Gasteiger partial charge in [-0.1, -0.05) is 13.8 Å². The Labute approximate surface area is 117 Å². The highest BCUT2D eigenvalue weighted by Crippen LogP contribution is 2.21. The molecule has 2 N–H and O–H groups in total. The maximum atomic E-state index is 10.9. The molecule has 8 nitrogen and oxygen atoms in total. The molecule has 8 heteroatoms. The number of rotatable bonds is 8. The van der Waals surface area contributed by atoms with Crippen molar-refractivity contribution in [3.05, 3.63) is 21.5 Å². The molecule has 0 bridgehead atoms. The smallest absolute Gasteiger partial charge is 0.312 e. The van der Waals surface area contributed by atoms with Gasteiger partial charge >= 0.3 is 5.69 Å². The van der Waals surface area contributed by atoms with E-state index < -0.39 is 11.0 Å². The van der Waals surface area contributed by atoms with E-state index in [4.69, 9.17) is 4.84 Å². The molecule has 0 saturated carbocycles. The van der Waals surface area contributed by atoms with Crippen molar-refractivity contribution < 1.29 is 14.9 Å². The summed E-state index contributed by atoms with van der Waals surface area (Å²) >= 11 is 0. The van der Waals surface area contributed by atoms with Crippen LogP contribution >= 0.6 is 0 Å². The summed E-state index contributed by atoms with van der Waals surface area (Å²) in [7, 11) is 0. The van der Waals surface area contributed by atoms with Crippen LogP contribution in [0.25, 0.3) is 0 Å². The van der Waals surface area contributed by atoms with Gasteiger partial charge in [0.25, 0.3) is 0 Å². The Morgan fingerprint density at radius 1 is 1.50 bits per heavy atom. The van der Waals surface area contributed by atoms with Gasteiger partial charge in [-0.05, 0) is 19.8 Å². The van der Waals surface area contributed by atoms with Gasteiger partial charge in [-0.2, -0.15) is 10.6 Å². The molecular formula is C12H22N4O4. The summed E-state index contributed by atoms with van der Waals surface area (Å²) in [6.45, 7) is 8.21. The van der Waals surface area contributed by atoms with E-state index in [1.54, 1.807) is 13.8 Å². The molecule has 0 aromatic carbocycles. The van der Waals surface area contributed by atoms with Gasteiger partial charge in [0.2, 0.25) is 0 Å². The number of hydrogen-bond donors (Lipinski definition) is 2. The second-order valence-corrected chi connectivity index (χ2v) is 5.17. The highest BCUT2D eigenvalue weighted by Gasteiger charge is 2.22. The summed E-state index contributed by atoms with van der Waals surface area (Å²) in [5.74, 6) is 0.401. The Morgan fingerprint density at radius 2 is 2.15 bits per heavy atom. The van der Waals surface area contributed by atoms with Gasteiger partial charge in [0.1, 0.15) is 11.4 Å². The lowest BCUT2D eigenvalue weighted by Gasteiger charge is -2.13. The lowest BCUT2D eigenvalue weighted by molar-refractivity contribution is -0.386.